The number of rotatable bonds is 4. The van der Waals surface area contributed by atoms with Crippen LogP contribution in [0.1, 0.15) is 27.3 Å². The molecule has 0 aromatic carbocycles. The molecule has 2 aromatic heterocycles. The molecule has 0 N–H and O–H groups in total. The number of esters is 1. The van der Waals surface area contributed by atoms with Gasteiger partial charge in [-0.25, -0.2) is 23.5 Å². The second-order valence-corrected chi connectivity index (χ2v) is 6.89. The molecule has 0 bridgehead atoms. The van der Waals surface area contributed by atoms with Crippen molar-refractivity contribution in [3.63, 3.8) is 0 Å². The van der Waals surface area contributed by atoms with E-state index in [1.165, 1.54) is 7.11 Å². The first-order valence-corrected chi connectivity index (χ1v) is 8.39. The SMILES string of the molecule is COC(=O)c1cn(Cc2cnc(N3CC4C(C3)C4(F)F)nc2C)nc1C. The van der Waals surface area contributed by atoms with Crippen molar-refractivity contribution in [1.29, 1.82) is 0 Å². The Morgan fingerprint density at radius 3 is 2.62 bits per heavy atom. The number of carbonyl (C=O) groups excluding carboxylic acids is 1. The third kappa shape index (κ3) is 2.62. The van der Waals surface area contributed by atoms with Gasteiger partial charge in [0.1, 0.15) is 5.56 Å². The number of fused-ring (bicyclic) bond motifs is 1. The van der Waals surface area contributed by atoms with Gasteiger partial charge in [0.2, 0.25) is 5.95 Å². The summed E-state index contributed by atoms with van der Waals surface area (Å²) >= 11 is 0. The van der Waals surface area contributed by atoms with E-state index in [4.69, 9.17) is 4.74 Å². The summed E-state index contributed by atoms with van der Waals surface area (Å²) < 4.78 is 33.0. The predicted molar refractivity (Wildman–Crippen MR) is 88.3 cm³/mol. The summed E-state index contributed by atoms with van der Waals surface area (Å²) in [6.45, 7) is 4.61. The van der Waals surface area contributed by atoms with Crippen LogP contribution in [-0.4, -0.2) is 51.8 Å². The Balaban J connectivity index is 1.48. The molecule has 0 spiro atoms. The summed E-state index contributed by atoms with van der Waals surface area (Å²) in [5.74, 6) is -3.58. The molecule has 4 rings (SSSR count). The lowest BCUT2D eigenvalue weighted by molar-refractivity contribution is 0.0599. The van der Waals surface area contributed by atoms with Gasteiger partial charge in [-0.3, -0.25) is 4.68 Å². The average molecular weight is 363 g/mol. The van der Waals surface area contributed by atoms with Crippen LogP contribution in [0.25, 0.3) is 0 Å². The van der Waals surface area contributed by atoms with Crippen molar-refractivity contribution in [2.75, 3.05) is 25.1 Å². The number of methoxy groups -OCH3 is 1. The highest BCUT2D eigenvalue weighted by molar-refractivity contribution is 5.90. The minimum Gasteiger partial charge on any atom is -0.465 e. The highest BCUT2D eigenvalue weighted by atomic mass is 19.3. The molecule has 2 atom stereocenters. The molecule has 1 aliphatic carbocycles. The molecule has 7 nitrogen and oxygen atoms in total. The fourth-order valence-electron chi connectivity index (χ4n) is 3.54. The summed E-state index contributed by atoms with van der Waals surface area (Å²) in [7, 11) is 1.33. The third-order valence-electron chi connectivity index (χ3n) is 5.23. The number of aryl methyl sites for hydroxylation is 2. The first kappa shape index (κ1) is 16.9. The zero-order valence-electron chi connectivity index (χ0n) is 14.7. The molecule has 2 aliphatic rings. The molecule has 1 saturated carbocycles. The lowest BCUT2D eigenvalue weighted by Gasteiger charge is -2.20. The lowest BCUT2D eigenvalue weighted by atomic mass is 10.2. The van der Waals surface area contributed by atoms with E-state index < -0.39 is 23.7 Å². The van der Waals surface area contributed by atoms with E-state index in [0.29, 0.717) is 36.8 Å². The third-order valence-corrected chi connectivity index (χ3v) is 5.23. The van der Waals surface area contributed by atoms with Crippen LogP contribution in [0.3, 0.4) is 0 Å². The number of halogens is 2. The van der Waals surface area contributed by atoms with Crippen molar-refractivity contribution >= 4 is 11.9 Å². The van der Waals surface area contributed by atoms with E-state index in [1.807, 2.05) is 11.8 Å². The maximum atomic E-state index is 13.3. The van der Waals surface area contributed by atoms with Gasteiger partial charge >= 0.3 is 5.97 Å². The van der Waals surface area contributed by atoms with Gasteiger partial charge in [-0.15, -0.1) is 0 Å². The Kier molecular flexibility index (Phi) is 3.71. The molecule has 26 heavy (non-hydrogen) atoms. The van der Waals surface area contributed by atoms with Gasteiger partial charge in [0.05, 0.1) is 31.2 Å². The molecular formula is C17H19F2N5O2. The molecule has 1 aliphatic heterocycles. The molecule has 9 heteroatoms. The maximum Gasteiger partial charge on any atom is 0.341 e. The molecular weight excluding hydrogens is 344 g/mol. The zero-order valence-corrected chi connectivity index (χ0v) is 14.7. The van der Waals surface area contributed by atoms with Gasteiger partial charge in [-0.2, -0.15) is 5.10 Å². The minimum atomic E-state index is -2.51. The van der Waals surface area contributed by atoms with Crippen molar-refractivity contribution in [3.8, 4) is 0 Å². The Bertz CT molecular complexity index is 868. The van der Waals surface area contributed by atoms with Crippen LogP contribution in [0.2, 0.25) is 0 Å². The number of piperidine rings is 1. The van der Waals surface area contributed by atoms with Gasteiger partial charge in [0.15, 0.2) is 0 Å². The van der Waals surface area contributed by atoms with E-state index in [0.717, 1.165) is 11.3 Å². The fraction of sp³-hybridized carbons (Fsp3) is 0.529. The van der Waals surface area contributed by atoms with Crippen LogP contribution in [0.5, 0.6) is 0 Å². The molecule has 0 radical (unpaired) electrons. The summed E-state index contributed by atoms with van der Waals surface area (Å²) in [5, 5.41) is 4.31. The molecule has 1 saturated heterocycles. The number of alkyl halides is 2. The Labute approximate surface area is 149 Å². The summed E-state index contributed by atoms with van der Waals surface area (Å²) in [6.07, 6.45) is 3.32. The van der Waals surface area contributed by atoms with Gasteiger partial charge in [-0.05, 0) is 13.8 Å². The number of ether oxygens (including phenoxy) is 1. The topological polar surface area (TPSA) is 73.1 Å². The Hall–Kier alpha value is -2.58. The number of aromatic nitrogens is 4. The van der Waals surface area contributed by atoms with Gasteiger partial charge in [-0.1, -0.05) is 0 Å². The second-order valence-electron chi connectivity index (χ2n) is 6.89. The first-order chi connectivity index (χ1) is 12.3. The highest BCUT2D eigenvalue weighted by Crippen LogP contribution is 2.59. The fourth-order valence-corrected chi connectivity index (χ4v) is 3.54. The Morgan fingerprint density at radius 1 is 1.31 bits per heavy atom. The van der Waals surface area contributed by atoms with Crippen LogP contribution < -0.4 is 4.90 Å². The highest BCUT2D eigenvalue weighted by Gasteiger charge is 2.71. The summed E-state index contributed by atoms with van der Waals surface area (Å²) in [5.41, 5.74) is 2.61. The van der Waals surface area contributed by atoms with Crippen LogP contribution in [0.15, 0.2) is 12.4 Å². The van der Waals surface area contributed by atoms with Crippen molar-refractivity contribution in [2.45, 2.75) is 26.3 Å². The van der Waals surface area contributed by atoms with Crippen molar-refractivity contribution in [1.82, 2.24) is 19.7 Å². The number of nitrogens with zero attached hydrogens (tertiary/aromatic N) is 5. The van der Waals surface area contributed by atoms with E-state index >= 15 is 0 Å². The second kappa shape index (κ2) is 5.72. The predicted octanol–water partition coefficient (Wildman–Crippen LogP) is 1.83. The quantitative estimate of drug-likeness (QED) is 0.772. The van der Waals surface area contributed by atoms with E-state index in [1.54, 1.807) is 24.0 Å². The summed E-state index contributed by atoms with van der Waals surface area (Å²) in [6, 6.07) is 0. The Morgan fingerprint density at radius 2 is 2.00 bits per heavy atom. The molecule has 3 heterocycles. The van der Waals surface area contributed by atoms with E-state index in [2.05, 4.69) is 15.1 Å². The standard InChI is InChI=1S/C17H19F2N5O2/c1-9-11(5-24-6-12(10(2)22-24)15(25)26-3)4-20-16(21-9)23-7-13-14(8-23)17(13,18)19/h4,6,13-14H,5,7-8H2,1-3H3. The molecule has 138 valence electrons. The lowest BCUT2D eigenvalue weighted by Crippen LogP contribution is -2.29. The largest absolute Gasteiger partial charge is 0.465 e. The maximum absolute atomic E-state index is 13.3. The van der Waals surface area contributed by atoms with E-state index in [9.17, 15) is 13.6 Å². The van der Waals surface area contributed by atoms with Crippen molar-refractivity contribution in [2.24, 2.45) is 11.8 Å². The van der Waals surface area contributed by atoms with Crippen LogP contribution >= 0.6 is 0 Å². The van der Waals surface area contributed by atoms with Crippen LogP contribution in [-0.2, 0) is 11.3 Å². The van der Waals surface area contributed by atoms with E-state index in [-0.39, 0.29) is 0 Å². The van der Waals surface area contributed by atoms with Crippen molar-refractivity contribution < 1.29 is 18.3 Å². The smallest absolute Gasteiger partial charge is 0.341 e. The first-order valence-electron chi connectivity index (χ1n) is 8.39. The number of anilines is 1. The van der Waals surface area contributed by atoms with Crippen LogP contribution in [0.4, 0.5) is 14.7 Å². The number of hydrogen-bond acceptors (Lipinski definition) is 6. The van der Waals surface area contributed by atoms with Gasteiger partial charge in [0.25, 0.3) is 5.92 Å². The zero-order chi connectivity index (χ0) is 18.6. The number of hydrogen-bond donors (Lipinski definition) is 0. The molecule has 2 fully saturated rings. The van der Waals surface area contributed by atoms with Gasteiger partial charge in [0, 0.05) is 36.7 Å². The minimum absolute atomic E-state index is 0.303. The summed E-state index contributed by atoms with van der Waals surface area (Å²) in [4.78, 5) is 22.3. The van der Waals surface area contributed by atoms with Crippen molar-refractivity contribution in [3.05, 3.63) is 34.9 Å². The van der Waals surface area contributed by atoms with Crippen LogP contribution in [0, 0.1) is 25.7 Å². The number of carbonyl (C=O) groups is 1. The molecule has 2 aromatic rings. The monoisotopic (exact) mass is 363 g/mol. The molecule has 2 unspecified atom stereocenters. The average Bonchev–Trinajstić information content (AvgIpc) is 3.00. The van der Waals surface area contributed by atoms with Gasteiger partial charge < -0.3 is 9.64 Å². The normalized spacial score (nSPS) is 23.0. The molecule has 0 amide bonds.